The number of para-hydroxylation sites is 1. The first-order valence-corrected chi connectivity index (χ1v) is 8.43. The van der Waals surface area contributed by atoms with Gasteiger partial charge in [0.05, 0.1) is 23.0 Å². The van der Waals surface area contributed by atoms with E-state index in [9.17, 15) is 5.11 Å². The first kappa shape index (κ1) is 15.3. The maximum absolute atomic E-state index is 10.4. The standard InChI is InChI=1S/C19H22N4O/c1-13-8-17(22-21-13)9-15-10-23(12-19(15)24)11-16-7-6-14-4-2-3-5-18(14)20-16/h2-8,15,19,24H,9-12H2,1H3,(H,21,22)/t15-,19+/m1/s1. The summed E-state index contributed by atoms with van der Waals surface area (Å²) in [6, 6.07) is 14.4. The van der Waals surface area contributed by atoms with E-state index in [0.29, 0.717) is 6.54 Å². The minimum atomic E-state index is -0.303. The molecule has 5 heteroatoms. The number of rotatable bonds is 4. The molecule has 5 nitrogen and oxygen atoms in total. The molecule has 0 saturated carbocycles. The molecule has 1 aliphatic rings. The van der Waals surface area contributed by atoms with Gasteiger partial charge in [0, 0.05) is 36.6 Å². The highest BCUT2D eigenvalue weighted by Gasteiger charge is 2.31. The van der Waals surface area contributed by atoms with Gasteiger partial charge in [0.15, 0.2) is 0 Å². The Kier molecular flexibility index (Phi) is 4.04. The van der Waals surface area contributed by atoms with Crippen LogP contribution in [0.2, 0.25) is 0 Å². The zero-order valence-electron chi connectivity index (χ0n) is 13.8. The number of H-pyrrole nitrogens is 1. The molecular weight excluding hydrogens is 300 g/mol. The van der Waals surface area contributed by atoms with Gasteiger partial charge in [-0.2, -0.15) is 5.10 Å². The molecule has 2 atom stereocenters. The molecule has 4 rings (SSSR count). The number of aliphatic hydroxyl groups excluding tert-OH is 1. The molecule has 3 heterocycles. The summed E-state index contributed by atoms with van der Waals surface area (Å²) in [5, 5.41) is 18.8. The Bertz CT molecular complexity index is 844. The molecule has 2 N–H and O–H groups in total. The second kappa shape index (κ2) is 6.34. The fraction of sp³-hybridized carbons (Fsp3) is 0.368. The lowest BCUT2D eigenvalue weighted by Gasteiger charge is -2.15. The van der Waals surface area contributed by atoms with Gasteiger partial charge < -0.3 is 5.11 Å². The van der Waals surface area contributed by atoms with Gasteiger partial charge >= 0.3 is 0 Å². The third kappa shape index (κ3) is 3.18. The minimum Gasteiger partial charge on any atom is -0.391 e. The molecule has 0 aliphatic carbocycles. The highest BCUT2D eigenvalue weighted by Crippen LogP contribution is 2.23. The average Bonchev–Trinajstić information content (AvgIpc) is 3.13. The van der Waals surface area contributed by atoms with Gasteiger partial charge in [-0.05, 0) is 31.5 Å². The Hall–Kier alpha value is -2.24. The second-order valence-corrected chi connectivity index (χ2v) is 6.76. The van der Waals surface area contributed by atoms with E-state index in [0.717, 1.165) is 47.5 Å². The number of nitrogens with one attached hydrogen (secondary N) is 1. The summed E-state index contributed by atoms with van der Waals surface area (Å²) in [6.07, 6.45) is 0.509. The molecule has 1 saturated heterocycles. The van der Waals surface area contributed by atoms with Gasteiger partial charge in [-0.15, -0.1) is 0 Å². The van der Waals surface area contributed by atoms with E-state index >= 15 is 0 Å². The van der Waals surface area contributed by atoms with Crippen LogP contribution in [0.1, 0.15) is 17.1 Å². The predicted octanol–water partition coefficient (Wildman–Crippen LogP) is 2.30. The zero-order valence-corrected chi connectivity index (χ0v) is 13.8. The number of aromatic amines is 1. The van der Waals surface area contributed by atoms with Crippen molar-refractivity contribution in [3.63, 3.8) is 0 Å². The van der Waals surface area contributed by atoms with E-state index in [2.05, 4.69) is 39.4 Å². The molecular formula is C19H22N4O. The highest BCUT2D eigenvalue weighted by molar-refractivity contribution is 5.78. The monoisotopic (exact) mass is 322 g/mol. The van der Waals surface area contributed by atoms with Crippen molar-refractivity contribution in [3.05, 3.63) is 59.5 Å². The van der Waals surface area contributed by atoms with Crippen LogP contribution in [-0.2, 0) is 13.0 Å². The van der Waals surface area contributed by atoms with Gasteiger partial charge in [-0.1, -0.05) is 24.3 Å². The molecule has 1 fully saturated rings. The number of fused-ring (bicyclic) bond motifs is 1. The number of likely N-dealkylation sites (tertiary alicyclic amines) is 1. The molecule has 0 unspecified atom stereocenters. The fourth-order valence-corrected chi connectivity index (χ4v) is 3.54. The highest BCUT2D eigenvalue weighted by atomic mass is 16.3. The number of benzene rings is 1. The lowest BCUT2D eigenvalue weighted by molar-refractivity contribution is 0.140. The van der Waals surface area contributed by atoms with Crippen molar-refractivity contribution in [2.24, 2.45) is 5.92 Å². The summed E-state index contributed by atoms with van der Waals surface area (Å²) in [4.78, 5) is 7.02. The van der Waals surface area contributed by atoms with Crippen molar-refractivity contribution in [2.45, 2.75) is 26.0 Å². The molecule has 124 valence electrons. The van der Waals surface area contributed by atoms with Crippen LogP contribution in [0.5, 0.6) is 0 Å². The van der Waals surface area contributed by atoms with Crippen molar-refractivity contribution in [3.8, 4) is 0 Å². The summed E-state index contributed by atoms with van der Waals surface area (Å²) in [6.45, 7) is 4.35. The molecule has 1 aliphatic heterocycles. The van der Waals surface area contributed by atoms with E-state index < -0.39 is 0 Å². The van der Waals surface area contributed by atoms with E-state index in [4.69, 9.17) is 4.98 Å². The minimum absolute atomic E-state index is 0.230. The van der Waals surface area contributed by atoms with Crippen LogP contribution < -0.4 is 0 Å². The average molecular weight is 322 g/mol. The fourth-order valence-electron chi connectivity index (χ4n) is 3.54. The van der Waals surface area contributed by atoms with Crippen molar-refractivity contribution in [2.75, 3.05) is 13.1 Å². The van der Waals surface area contributed by atoms with Crippen LogP contribution in [0.25, 0.3) is 10.9 Å². The van der Waals surface area contributed by atoms with Crippen LogP contribution in [-0.4, -0.2) is 44.4 Å². The van der Waals surface area contributed by atoms with E-state index in [1.807, 2.05) is 25.1 Å². The smallest absolute Gasteiger partial charge is 0.0711 e. The lowest BCUT2D eigenvalue weighted by atomic mass is 10.0. The van der Waals surface area contributed by atoms with Gasteiger partial charge in [0.25, 0.3) is 0 Å². The van der Waals surface area contributed by atoms with Crippen LogP contribution >= 0.6 is 0 Å². The molecule has 0 spiro atoms. The van der Waals surface area contributed by atoms with Gasteiger partial charge in [0.1, 0.15) is 0 Å². The van der Waals surface area contributed by atoms with Crippen LogP contribution in [0.15, 0.2) is 42.5 Å². The number of pyridine rings is 1. The Morgan fingerprint density at radius 1 is 1.17 bits per heavy atom. The summed E-state index contributed by atoms with van der Waals surface area (Å²) in [7, 11) is 0. The van der Waals surface area contributed by atoms with E-state index in [1.54, 1.807) is 0 Å². The maximum Gasteiger partial charge on any atom is 0.0711 e. The van der Waals surface area contributed by atoms with Crippen LogP contribution in [0.4, 0.5) is 0 Å². The second-order valence-electron chi connectivity index (χ2n) is 6.76. The lowest BCUT2D eigenvalue weighted by Crippen LogP contribution is -2.21. The van der Waals surface area contributed by atoms with Crippen molar-refractivity contribution >= 4 is 10.9 Å². The largest absolute Gasteiger partial charge is 0.391 e. The van der Waals surface area contributed by atoms with Crippen molar-refractivity contribution < 1.29 is 5.11 Å². The number of aromatic nitrogens is 3. The summed E-state index contributed by atoms with van der Waals surface area (Å²) < 4.78 is 0. The third-order valence-electron chi connectivity index (χ3n) is 4.75. The number of nitrogens with zero attached hydrogens (tertiary/aromatic N) is 3. The Balaban J connectivity index is 1.43. The number of aliphatic hydroxyl groups is 1. The molecule has 3 aromatic rings. The number of hydrogen-bond donors (Lipinski definition) is 2. The van der Waals surface area contributed by atoms with E-state index in [-0.39, 0.29) is 12.0 Å². The van der Waals surface area contributed by atoms with Crippen molar-refractivity contribution in [1.29, 1.82) is 0 Å². The topological polar surface area (TPSA) is 65.0 Å². The van der Waals surface area contributed by atoms with Gasteiger partial charge in [-0.3, -0.25) is 15.0 Å². The Morgan fingerprint density at radius 3 is 2.88 bits per heavy atom. The first-order valence-electron chi connectivity index (χ1n) is 8.43. The first-order chi connectivity index (χ1) is 11.7. The van der Waals surface area contributed by atoms with Crippen molar-refractivity contribution in [1.82, 2.24) is 20.1 Å². The molecule has 0 amide bonds. The quantitative estimate of drug-likeness (QED) is 0.773. The summed E-state index contributed by atoms with van der Waals surface area (Å²) >= 11 is 0. The molecule has 0 bridgehead atoms. The molecule has 2 aromatic heterocycles. The summed E-state index contributed by atoms with van der Waals surface area (Å²) in [5.41, 5.74) is 4.17. The Morgan fingerprint density at radius 2 is 2.04 bits per heavy atom. The number of hydrogen-bond acceptors (Lipinski definition) is 4. The van der Waals surface area contributed by atoms with Crippen LogP contribution in [0, 0.1) is 12.8 Å². The molecule has 1 aromatic carbocycles. The summed E-state index contributed by atoms with van der Waals surface area (Å²) in [5.74, 6) is 0.230. The van der Waals surface area contributed by atoms with Gasteiger partial charge in [-0.25, -0.2) is 0 Å². The Labute approximate surface area is 141 Å². The normalized spacial score (nSPS) is 21.6. The van der Waals surface area contributed by atoms with E-state index in [1.165, 1.54) is 0 Å². The number of β-amino-alcohol motifs (C(OH)–C–C–N with tert-alkyl or cyclic N) is 1. The molecule has 0 radical (unpaired) electrons. The van der Waals surface area contributed by atoms with Gasteiger partial charge in [0.2, 0.25) is 0 Å². The third-order valence-corrected chi connectivity index (χ3v) is 4.75. The zero-order chi connectivity index (χ0) is 16.5. The molecule has 24 heavy (non-hydrogen) atoms. The van der Waals surface area contributed by atoms with Crippen LogP contribution in [0.3, 0.4) is 0 Å². The predicted molar refractivity (Wildman–Crippen MR) is 93.5 cm³/mol. The maximum atomic E-state index is 10.4. The number of aryl methyl sites for hydroxylation is 1. The SMILES string of the molecule is Cc1cc(C[C@@H]2CN(Cc3ccc4ccccc4n3)C[C@@H]2O)n[nH]1.